The first-order valence-electron chi connectivity index (χ1n) is 18.3. The molecule has 25 heteroatoms. The van der Waals surface area contributed by atoms with E-state index in [0.717, 1.165) is 0 Å². The number of nitrogens with zero attached hydrogens (tertiary/aromatic N) is 3. The first-order chi connectivity index (χ1) is 27.6. The molecule has 0 bridgehead atoms. The number of aliphatic hydroxyl groups excluding tert-OH is 2. The van der Waals surface area contributed by atoms with E-state index < -0.39 is 96.9 Å². The third kappa shape index (κ3) is 16.9. The SMILES string of the molecule is C[C@@H](O)[C@H](NC(=O)[C@H](CCCCN)NC(=O)[C@H](Cc1cnc[nH]1)NC(=O)CN)C(=O)N[C@@H](Cc1cnc[nH]1)C(=O)N[C@@H](CCCN=C(N)N)C(=O)N[C@@H](CO)C(=O)O. The fourth-order valence-electron chi connectivity index (χ4n) is 5.36. The van der Waals surface area contributed by atoms with Crippen LogP contribution < -0.4 is 54.8 Å². The number of hydrogen-bond donors (Lipinski definition) is 15. The number of unbranched alkanes of at least 4 members (excludes halogenated alkanes) is 1. The van der Waals surface area contributed by atoms with E-state index in [4.69, 9.17) is 22.9 Å². The van der Waals surface area contributed by atoms with Gasteiger partial charge in [0.25, 0.3) is 0 Å². The van der Waals surface area contributed by atoms with Crippen LogP contribution in [0.2, 0.25) is 0 Å². The van der Waals surface area contributed by atoms with Crippen LogP contribution in [0.5, 0.6) is 0 Å². The minimum Gasteiger partial charge on any atom is -0.480 e. The van der Waals surface area contributed by atoms with Crippen molar-refractivity contribution in [1.29, 1.82) is 0 Å². The summed E-state index contributed by atoms with van der Waals surface area (Å²) in [6.45, 7) is 0.149. The van der Waals surface area contributed by atoms with Gasteiger partial charge in [0.15, 0.2) is 5.96 Å². The maximum absolute atomic E-state index is 13.8. The first kappa shape index (κ1) is 48.0. The van der Waals surface area contributed by atoms with E-state index in [1.165, 1.54) is 32.0 Å². The molecule has 0 spiro atoms. The van der Waals surface area contributed by atoms with Gasteiger partial charge in [0.05, 0.1) is 31.9 Å². The van der Waals surface area contributed by atoms with Crippen molar-refractivity contribution in [2.45, 2.75) is 94.2 Å². The number of aliphatic hydroxyl groups is 2. The van der Waals surface area contributed by atoms with Gasteiger partial charge in [-0.2, -0.15) is 0 Å². The molecule has 19 N–H and O–H groups in total. The summed E-state index contributed by atoms with van der Waals surface area (Å²) in [7, 11) is 0. The van der Waals surface area contributed by atoms with Crippen LogP contribution in [0.4, 0.5) is 0 Å². The Bertz CT molecular complexity index is 1650. The molecule has 0 saturated carbocycles. The molecule has 2 heterocycles. The van der Waals surface area contributed by atoms with Crippen LogP contribution in [0, 0.1) is 0 Å². The number of aliphatic imine (C=N–C) groups is 1. The van der Waals surface area contributed by atoms with Crippen molar-refractivity contribution < 1.29 is 48.9 Å². The number of aliphatic carboxylic acids is 1. The molecule has 0 aliphatic heterocycles. The van der Waals surface area contributed by atoms with Crippen LogP contribution in [0.25, 0.3) is 0 Å². The number of aromatic nitrogens is 4. The number of carboxylic acid groups (broad SMARTS) is 1. The zero-order chi connectivity index (χ0) is 43.2. The monoisotopic (exact) mass is 821 g/mol. The number of H-pyrrole nitrogens is 2. The number of carboxylic acids is 1. The minimum absolute atomic E-state index is 0.0342. The average molecular weight is 822 g/mol. The highest BCUT2D eigenvalue weighted by Crippen LogP contribution is 2.08. The van der Waals surface area contributed by atoms with Gasteiger partial charge in [-0.25, -0.2) is 14.8 Å². The largest absolute Gasteiger partial charge is 0.480 e. The Morgan fingerprint density at radius 1 is 0.707 bits per heavy atom. The molecule has 2 aromatic heterocycles. The molecule has 0 saturated heterocycles. The number of nitrogens with one attached hydrogen (secondary N) is 8. The maximum atomic E-state index is 13.8. The quantitative estimate of drug-likeness (QED) is 0.0226. The van der Waals surface area contributed by atoms with Crippen LogP contribution in [0.1, 0.15) is 50.4 Å². The van der Waals surface area contributed by atoms with Crippen molar-refractivity contribution in [2.75, 3.05) is 26.2 Å². The van der Waals surface area contributed by atoms with Crippen LogP contribution in [0.3, 0.4) is 0 Å². The number of guanidine groups is 1. The van der Waals surface area contributed by atoms with Gasteiger partial charge in [0.2, 0.25) is 35.4 Å². The summed E-state index contributed by atoms with van der Waals surface area (Å²) in [4.78, 5) is 109. The molecular weight excluding hydrogens is 766 g/mol. The molecule has 58 heavy (non-hydrogen) atoms. The molecule has 0 aliphatic carbocycles. The number of carbonyl (C=O) groups excluding carboxylic acids is 6. The summed E-state index contributed by atoms with van der Waals surface area (Å²) in [6.07, 6.45) is 4.56. The summed E-state index contributed by atoms with van der Waals surface area (Å²) < 4.78 is 0. The van der Waals surface area contributed by atoms with Gasteiger partial charge in [-0.15, -0.1) is 0 Å². The predicted octanol–water partition coefficient (Wildman–Crippen LogP) is -6.57. The molecule has 0 aromatic carbocycles. The van der Waals surface area contributed by atoms with Gasteiger partial charge in [-0.3, -0.25) is 33.8 Å². The van der Waals surface area contributed by atoms with Crippen LogP contribution in [0.15, 0.2) is 30.0 Å². The smallest absolute Gasteiger partial charge is 0.328 e. The van der Waals surface area contributed by atoms with E-state index in [-0.39, 0.29) is 51.2 Å². The number of hydrogen-bond acceptors (Lipinski definition) is 14. The van der Waals surface area contributed by atoms with Crippen molar-refractivity contribution in [3.05, 3.63) is 36.4 Å². The van der Waals surface area contributed by atoms with Crippen molar-refractivity contribution in [1.82, 2.24) is 51.8 Å². The topological polar surface area (TPSA) is 426 Å². The Morgan fingerprint density at radius 2 is 1.19 bits per heavy atom. The number of nitrogens with two attached hydrogens (primary N) is 4. The zero-order valence-corrected chi connectivity index (χ0v) is 32.0. The molecule has 0 unspecified atom stereocenters. The molecule has 25 nitrogen and oxygen atoms in total. The maximum Gasteiger partial charge on any atom is 0.328 e. The molecule has 2 aromatic rings. The zero-order valence-electron chi connectivity index (χ0n) is 32.0. The fraction of sp³-hybridized carbons (Fsp3) is 0.576. The van der Waals surface area contributed by atoms with Gasteiger partial charge in [-0.1, -0.05) is 0 Å². The van der Waals surface area contributed by atoms with Crippen molar-refractivity contribution in [3.63, 3.8) is 0 Å². The highest BCUT2D eigenvalue weighted by atomic mass is 16.4. The second-order valence-electron chi connectivity index (χ2n) is 13.1. The Morgan fingerprint density at radius 3 is 1.64 bits per heavy atom. The fourth-order valence-corrected chi connectivity index (χ4v) is 5.36. The molecule has 7 atom stereocenters. The molecule has 6 amide bonds. The number of imidazole rings is 2. The molecular formula is C33H55N15O10. The van der Waals surface area contributed by atoms with E-state index in [9.17, 15) is 48.9 Å². The molecule has 0 radical (unpaired) electrons. The van der Waals surface area contributed by atoms with Gasteiger partial charge in [-0.05, 0) is 45.6 Å². The Labute approximate surface area is 332 Å². The van der Waals surface area contributed by atoms with Gasteiger partial charge in [0.1, 0.15) is 36.3 Å². The summed E-state index contributed by atoms with van der Waals surface area (Å²) in [6, 6.07) is -8.76. The lowest BCUT2D eigenvalue weighted by molar-refractivity contribution is -0.143. The highest BCUT2D eigenvalue weighted by Gasteiger charge is 2.35. The Kier molecular flexibility index (Phi) is 20.8. The summed E-state index contributed by atoms with van der Waals surface area (Å²) in [5, 5.41) is 44.1. The third-order valence-corrected chi connectivity index (χ3v) is 8.45. The summed E-state index contributed by atoms with van der Waals surface area (Å²) in [5.41, 5.74) is 22.7. The van der Waals surface area contributed by atoms with Gasteiger partial charge in [0, 0.05) is 43.2 Å². The lowest BCUT2D eigenvalue weighted by Gasteiger charge is -2.28. The number of rotatable bonds is 27. The summed E-state index contributed by atoms with van der Waals surface area (Å²) >= 11 is 0. The second kappa shape index (κ2) is 25.1. The van der Waals surface area contributed by atoms with Crippen LogP contribution >= 0.6 is 0 Å². The number of amides is 6. The third-order valence-electron chi connectivity index (χ3n) is 8.45. The lowest BCUT2D eigenvalue weighted by atomic mass is 10.0. The van der Waals surface area contributed by atoms with Crippen LogP contribution in [-0.2, 0) is 46.4 Å². The molecule has 0 aliphatic rings. The number of aromatic amines is 2. The van der Waals surface area contributed by atoms with E-state index in [1.54, 1.807) is 0 Å². The Hall–Kier alpha value is -6.18. The Balaban J connectivity index is 2.34. The van der Waals surface area contributed by atoms with Crippen LogP contribution in [-0.4, -0.2) is 151 Å². The minimum atomic E-state index is -1.70. The van der Waals surface area contributed by atoms with Gasteiger partial charge < -0.3 is 80.1 Å². The lowest BCUT2D eigenvalue weighted by Crippen LogP contribution is -2.62. The van der Waals surface area contributed by atoms with E-state index in [0.29, 0.717) is 24.2 Å². The second-order valence-corrected chi connectivity index (χ2v) is 13.1. The van der Waals surface area contributed by atoms with Crippen molar-refractivity contribution >= 4 is 47.4 Å². The van der Waals surface area contributed by atoms with E-state index in [1.807, 2.05) is 0 Å². The summed E-state index contributed by atoms with van der Waals surface area (Å²) in [5.74, 6) is -7.01. The normalized spacial score (nSPS) is 14.6. The van der Waals surface area contributed by atoms with E-state index in [2.05, 4.69) is 56.8 Å². The molecule has 322 valence electrons. The highest BCUT2D eigenvalue weighted by molar-refractivity contribution is 5.97. The average Bonchev–Trinajstić information content (AvgIpc) is 3.90. The standard InChI is InChI=1S/C33H55N15O10/c1-17(50)26(48-28(53)20(5-2-3-7-34)44-29(54)22(43-25(51)11-35)9-18-12-38-15-41-18)31(56)46-23(10-19-13-39-16-42-19)30(55)45-21(6-4-8-40-33(36)37)27(52)47-24(14-49)32(57)58/h12-13,15-17,20-24,26,49-50H,2-11,14,34-35H2,1H3,(H,38,41)(H,39,42)(H,43,51)(H,44,54)(H,45,55)(H,46,56)(H,47,52)(H,48,53)(H,57,58)(H4,36,37,40)/t17-,20+,21+,22+,23+,24+,26+/m1/s1. The first-order valence-corrected chi connectivity index (χ1v) is 18.3. The van der Waals surface area contributed by atoms with Crippen molar-refractivity contribution in [3.8, 4) is 0 Å². The van der Waals surface area contributed by atoms with E-state index >= 15 is 0 Å². The predicted molar refractivity (Wildman–Crippen MR) is 204 cm³/mol. The molecule has 0 fully saturated rings. The van der Waals surface area contributed by atoms with Gasteiger partial charge >= 0.3 is 5.97 Å². The number of carbonyl (C=O) groups is 7. The molecule has 2 rings (SSSR count). The van der Waals surface area contributed by atoms with Crippen molar-refractivity contribution in [2.24, 2.45) is 27.9 Å².